The molecule has 10 heteroatoms. The molecule has 0 atom stereocenters. The van der Waals surface area contributed by atoms with Crippen LogP contribution < -0.4 is 5.32 Å². The maximum absolute atomic E-state index is 12.9. The van der Waals surface area contributed by atoms with Crippen LogP contribution in [0.3, 0.4) is 0 Å². The summed E-state index contributed by atoms with van der Waals surface area (Å²) in [6.45, 7) is 3.07. The van der Waals surface area contributed by atoms with Gasteiger partial charge in [0.15, 0.2) is 5.69 Å². The average Bonchev–Trinajstić information content (AvgIpc) is 3.19. The van der Waals surface area contributed by atoms with Gasteiger partial charge in [0.2, 0.25) is 10.0 Å². The van der Waals surface area contributed by atoms with Crippen LogP contribution in [0.2, 0.25) is 0 Å². The number of ether oxygens (including phenoxy) is 1. The van der Waals surface area contributed by atoms with Gasteiger partial charge in [0.05, 0.1) is 17.2 Å². The standard InChI is InChI=1S/C25H28N4O5S/c1-2-34-25(31)23-15-18-29(27-23)21-11-9-20(10-12-21)26-24(30)19-7-13-22(14-8-19)35(32,33)28-16-5-3-4-6-17-28/h7-15,18H,2-6,16-17H2,1H3,(H,26,30). The first-order valence-electron chi connectivity index (χ1n) is 11.6. The lowest BCUT2D eigenvalue weighted by atomic mass is 10.2. The summed E-state index contributed by atoms with van der Waals surface area (Å²) in [5, 5.41) is 7.01. The van der Waals surface area contributed by atoms with Gasteiger partial charge in [-0.2, -0.15) is 9.40 Å². The Labute approximate surface area is 204 Å². The van der Waals surface area contributed by atoms with Crippen LogP contribution in [0, 0.1) is 0 Å². The summed E-state index contributed by atoms with van der Waals surface area (Å²) in [7, 11) is -3.56. The van der Waals surface area contributed by atoms with Crippen molar-refractivity contribution in [3.05, 3.63) is 72.1 Å². The molecule has 1 aliphatic heterocycles. The van der Waals surface area contributed by atoms with Crippen molar-refractivity contribution in [1.82, 2.24) is 14.1 Å². The van der Waals surface area contributed by atoms with Crippen LogP contribution in [-0.2, 0) is 14.8 Å². The quantitative estimate of drug-likeness (QED) is 0.497. The number of hydrogen-bond acceptors (Lipinski definition) is 6. The summed E-state index contributed by atoms with van der Waals surface area (Å²) in [5.41, 5.74) is 1.85. The van der Waals surface area contributed by atoms with Gasteiger partial charge in [-0.3, -0.25) is 4.79 Å². The summed E-state index contributed by atoms with van der Waals surface area (Å²) >= 11 is 0. The van der Waals surface area contributed by atoms with Crippen LogP contribution in [0.25, 0.3) is 5.69 Å². The molecule has 1 N–H and O–H groups in total. The van der Waals surface area contributed by atoms with Gasteiger partial charge in [-0.05, 0) is 74.4 Å². The monoisotopic (exact) mass is 496 g/mol. The number of sulfonamides is 1. The lowest BCUT2D eigenvalue weighted by Crippen LogP contribution is -2.31. The van der Waals surface area contributed by atoms with E-state index < -0.39 is 16.0 Å². The summed E-state index contributed by atoms with van der Waals surface area (Å²) in [5.74, 6) is -0.833. The molecule has 4 rings (SSSR count). The van der Waals surface area contributed by atoms with Crippen molar-refractivity contribution in [2.45, 2.75) is 37.5 Å². The van der Waals surface area contributed by atoms with Crippen LogP contribution in [0.4, 0.5) is 5.69 Å². The van der Waals surface area contributed by atoms with E-state index in [1.807, 2.05) is 0 Å². The second kappa shape index (κ2) is 10.8. The number of carbonyl (C=O) groups is 2. The minimum atomic E-state index is -3.56. The van der Waals surface area contributed by atoms with Crippen molar-refractivity contribution in [2.24, 2.45) is 0 Å². The number of nitrogens with one attached hydrogen (secondary N) is 1. The molecule has 0 bridgehead atoms. The van der Waals surface area contributed by atoms with Crippen molar-refractivity contribution in [3.63, 3.8) is 0 Å². The van der Waals surface area contributed by atoms with Crippen molar-refractivity contribution in [1.29, 1.82) is 0 Å². The number of esters is 1. The second-order valence-electron chi connectivity index (χ2n) is 8.21. The number of carbonyl (C=O) groups excluding carboxylic acids is 2. The molecule has 0 aliphatic carbocycles. The highest BCUT2D eigenvalue weighted by atomic mass is 32.2. The van der Waals surface area contributed by atoms with E-state index in [1.54, 1.807) is 48.1 Å². The van der Waals surface area contributed by atoms with Gasteiger partial charge in [-0.1, -0.05) is 12.8 Å². The van der Waals surface area contributed by atoms with Crippen molar-refractivity contribution in [2.75, 3.05) is 25.0 Å². The van der Waals surface area contributed by atoms with E-state index in [9.17, 15) is 18.0 Å². The second-order valence-corrected chi connectivity index (χ2v) is 10.1. The molecule has 1 saturated heterocycles. The van der Waals surface area contributed by atoms with E-state index in [-0.39, 0.29) is 23.1 Å². The fourth-order valence-electron chi connectivity index (χ4n) is 3.89. The third-order valence-electron chi connectivity index (χ3n) is 5.78. The SMILES string of the molecule is CCOC(=O)c1ccn(-c2ccc(NC(=O)c3ccc(S(=O)(=O)N4CCCCCC4)cc3)cc2)n1. The zero-order valence-corrected chi connectivity index (χ0v) is 20.3. The molecule has 35 heavy (non-hydrogen) atoms. The number of benzene rings is 2. The van der Waals surface area contributed by atoms with Crippen LogP contribution in [-0.4, -0.2) is 54.1 Å². The van der Waals surface area contributed by atoms with Crippen molar-refractivity contribution >= 4 is 27.6 Å². The Bertz CT molecular complexity index is 1280. The molecule has 0 radical (unpaired) electrons. The molecular formula is C25H28N4O5S. The first kappa shape index (κ1) is 24.6. The summed E-state index contributed by atoms with van der Waals surface area (Å²) < 4.78 is 33.9. The molecule has 1 fully saturated rings. The van der Waals surface area contributed by atoms with E-state index in [2.05, 4.69) is 10.4 Å². The fourth-order valence-corrected chi connectivity index (χ4v) is 5.41. The summed E-state index contributed by atoms with van der Waals surface area (Å²) in [4.78, 5) is 24.7. The molecule has 2 heterocycles. The van der Waals surface area contributed by atoms with Crippen LogP contribution in [0.15, 0.2) is 65.7 Å². The van der Waals surface area contributed by atoms with Crippen LogP contribution >= 0.6 is 0 Å². The van der Waals surface area contributed by atoms with Crippen molar-refractivity contribution in [3.8, 4) is 5.69 Å². The number of rotatable bonds is 7. The van der Waals surface area contributed by atoms with Crippen molar-refractivity contribution < 1.29 is 22.7 Å². The van der Waals surface area contributed by atoms with Crippen LogP contribution in [0.5, 0.6) is 0 Å². The molecular weight excluding hydrogens is 468 g/mol. The Hall–Kier alpha value is -3.50. The Morgan fingerprint density at radius 2 is 1.60 bits per heavy atom. The molecule has 3 aromatic rings. The molecule has 1 aromatic heterocycles. The number of hydrogen-bond donors (Lipinski definition) is 1. The Balaban J connectivity index is 1.40. The minimum absolute atomic E-state index is 0.196. The maximum atomic E-state index is 12.9. The van der Waals surface area contributed by atoms with Gasteiger partial charge in [0.1, 0.15) is 0 Å². The first-order chi connectivity index (χ1) is 16.9. The first-order valence-corrected chi connectivity index (χ1v) is 13.1. The van der Waals surface area contributed by atoms with E-state index >= 15 is 0 Å². The van der Waals surface area contributed by atoms with E-state index in [1.165, 1.54) is 28.6 Å². The third-order valence-corrected chi connectivity index (χ3v) is 7.70. The number of aromatic nitrogens is 2. The highest BCUT2D eigenvalue weighted by molar-refractivity contribution is 7.89. The minimum Gasteiger partial charge on any atom is -0.461 e. The molecule has 1 aliphatic rings. The Morgan fingerprint density at radius 1 is 0.943 bits per heavy atom. The Kier molecular flexibility index (Phi) is 7.62. The Morgan fingerprint density at radius 3 is 2.23 bits per heavy atom. The highest BCUT2D eigenvalue weighted by Crippen LogP contribution is 2.21. The molecule has 184 valence electrons. The van der Waals surface area contributed by atoms with E-state index in [0.29, 0.717) is 30.0 Å². The zero-order valence-electron chi connectivity index (χ0n) is 19.5. The van der Waals surface area contributed by atoms with Gasteiger partial charge >= 0.3 is 5.97 Å². The molecule has 0 spiro atoms. The number of nitrogens with zero attached hydrogens (tertiary/aromatic N) is 3. The zero-order chi connectivity index (χ0) is 24.8. The van der Waals surface area contributed by atoms with Gasteiger partial charge in [-0.25, -0.2) is 17.9 Å². The maximum Gasteiger partial charge on any atom is 0.358 e. The van der Waals surface area contributed by atoms with E-state index in [4.69, 9.17) is 4.74 Å². The predicted molar refractivity (Wildman–Crippen MR) is 131 cm³/mol. The molecule has 0 unspecified atom stereocenters. The lowest BCUT2D eigenvalue weighted by molar-refractivity contribution is 0.0518. The molecule has 0 saturated carbocycles. The van der Waals surface area contributed by atoms with E-state index in [0.717, 1.165) is 25.7 Å². The van der Waals surface area contributed by atoms with Gasteiger partial charge in [0.25, 0.3) is 5.91 Å². The van der Waals surface area contributed by atoms with Gasteiger partial charge in [-0.15, -0.1) is 0 Å². The lowest BCUT2D eigenvalue weighted by Gasteiger charge is -2.20. The van der Waals surface area contributed by atoms with Gasteiger partial charge in [0, 0.05) is 30.5 Å². The summed E-state index contributed by atoms with van der Waals surface area (Å²) in [6, 6.07) is 14.5. The topological polar surface area (TPSA) is 111 Å². The largest absolute Gasteiger partial charge is 0.461 e. The summed E-state index contributed by atoms with van der Waals surface area (Å²) in [6.07, 6.45) is 5.48. The normalized spacial score (nSPS) is 14.8. The smallest absolute Gasteiger partial charge is 0.358 e. The molecule has 9 nitrogen and oxygen atoms in total. The highest BCUT2D eigenvalue weighted by Gasteiger charge is 2.25. The molecule has 1 amide bonds. The molecule has 2 aromatic carbocycles. The number of amides is 1. The van der Waals surface area contributed by atoms with Gasteiger partial charge < -0.3 is 10.1 Å². The third kappa shape index (κ3) is 5.77. The predicted octanol–water partition coefficient (Wildman–Crippen LogP) is 3.87. The number of anilines is 1. The van der Waals surface area contributed by atoms with Crippen LogP contribution in [0.1, 0.15) is 53.5 Å². The average molecular weight is 497 g/mol. The fraction of sp³-hybridized carbons (Fsp3) is 0.320.